The predicted molar refractivity (Wildman–Crippen MR) is 81.6 cm³/mol. The molecule has 0 heterocycles. The largest absolute Gasteiger partial charge is 0.392 e. The minimum absolute atomic E-state index is 0.0103. The van der Waals surface area contributed by atoms with Gasteiger partial charge in [0.05, 0.1) is 12.7 Å². The van der Waals surface area contributed by atoms with Crippen LogP contribution in [0, 0.1) is 12.8 Å². The number of aryl methyl sites for hydroxylation is 1. The molecule has 0 saturated carbocycles. The maximum atomic E-state index is 11.4. The average Bonchev–Trinajstić information content (AvgIpc) is 2.42. The van der Waals surface area contributed by atoms with Gasteiger partial charge in [0.15, 0.2) is 0 Å². The lowest BCUT2D eigenvalue weighted by Gasteiger charge is -2.25. The first-order valence-corrected chi connectivity index (χ1v) is 6.95. The van der Waals surface area contributed by atoms with E-state index in [0.717, 1.165) is 16.7 Å². The summed E-state index contributed by atoms with van der Waals surface area (Å²) in [5.74, 6) is -0.544. The van der Waals surface area contributed by atoms with Crippen LogP contribution in [-0.2, 0) is 4.79 Å². The number of ketones is 1. The molecule has 3 atom stereocenters. The van der Waals surface area contributed by atoms with Gasteiger partial charge in [0.1, 0.15) is 5.78 Å². The lowest BCUT2D eigenvalue weighted by molar-refractivity contribution is -0.123. The summed E-state index contributed by atoms with van der Waals surface area (Å²) >= 11 is 0. The minimum Gasteiger partial charge on any atom is -0.392 e. The van der Waals surface area contributed by atoms with Crippen LogP contribution in [0.5, 0.6) is 0 Å². The van der Waals surface area contributed by atoms with Crippen molar-refractivity contribution in [2.24, 2.45) is 5.92 Å². The van der Waals surface area contributed by atoms with Crippen molar-refractivity contribution < 1.29 is 15.0 Å². The van der Waals surface area contributed by atoms with E-state index in [4.69, 9.17) is 5.11 Å². The molecule has 3 unspecified atom stereocenters. The normalized spacial score (nSPS) is 16.1. The molecule has 1 aromatic rings. The molecule has 0 bridgehead atoms. The maximum absolute atomic E-state index is 11.4. The van der Waals surface area contributed by atoms with E-state index in [2.05, 4.69) is 0 Å². The third kappa shape index (κ3) is 4.02. The van der Waals surface area contributed by atoms with E-state index < -0.39 is 6.10 Å². The summed E-state index contributed by atoms with van der Waals surface area (Å²) in [4.78, 5) is 11.4. The van der Waals surface area contributed by atoms with Crippen LogP contribution in [0.25, 0.3) is 6.08 Å². The molecular weight excluding hydrogens is 252 g/mol. The molecule has 110 valence electrons. The number of rotatable bonds is 6. The standard InChI is InChI=1S/C17H24O3/c1-11-7-8-16(15(10-11)6-5-9-18)13(3)17(20)12(2)14(4)19/h5-8,10,12-13,17-18,20H,9H2,1-4H3. The molecule has 2 N–H and O–H groups in total. The Morgan fingerprint density at radius 1 is 1.35 bits per heavy atom. The van der Waals surface area contributed by atoms with E-state index >= 15 is 0 Å². The molecule has 0 aliphatic rings. The average molecular weight is 276 g/mol. The van der Waals surface area contributed by atoms with Crippen molar-refractivity contribution in [3.63, 3.8) is 0 Å². The van der Waals surface area contributed by atoms with Gasteiger partial charge in [-0.05, 0) is 25.0 Å². The number of aliphatic hydroxyl groups excluding tert-OH is 2. The van der Waals surface area contributed by atoms with Crippen LogP contribution < -0.4 is 0 Å². The molecule has 0 radical (unpaired) electrons. The summed E-state index contributed by atoms with van der Waals surface area (Å²) in [5, 5.41) is 19.3. The van der Waals surface area contributed by atoms with Gasteiger partial charge in [-0.2, -0.15) is 0 Å². The molecule has 0 aliphatic carbocycles. The monoisotopic (exact) mass is 276 g/mol. The Morgan fingerprint density at radius 2 is 2.00 bits per heavy atom. The highest BCUT2D eigenvalue weighted by molar-refractivity contribution is 5.78. The predicted octanol–water partition coefficient (Wildman–Crippen LogP) is 2.69. The zero-order valence-corrected chi connectivity index (χ0v) is 12.6. The van der Waals surface area contributed by atoms with Crippen molar-refractivity contribution in [2.75, 3.05) is 6.61 Å². The Kier molecular flexibility index (Phi) is 6.11. The van der Waals surface area contributed by atoms with E-state index in [9.17, 15) is 9.90 Å². The number of benzene rings is 1. The smallest absolute Gasteiger partial charge is 0.135 e. The second-order valence-corrected chi connectivity index (χ2v) is 5.40. The van der Waals surface area contributed by atoms with Crippen LogP contribution in [0.4, 0.5) is 0 Å². The van der Waals surface area contributed by atoms with Crippen LogP contribution in [0.2, 0.25) is 0 Å². The van der Waals surface area contributed by atoms with E-state index in [1.54, 1.807) is 13.0 Å². The molecule has 3 heteroatoms. The van der Waals surface area contributed by atoms with Crippen LogP contribution in [0.3, 0.4) is 0 Å². The minimum atomic E-state index is -0.712. The van der Waals surface area contributed by atoms with Crippen LogP contribution in [0.1, 0.15) is 43.4 Å². The van der Waals surface area contributed by atoms with Crippen molar-refractivity contribution in [1.29, 1.82) is 0 Å². The highest BCUT2D eigenvalue weighted by Crippen LogP contribution is 2.28. The van der Waals surface area contributed by atoms with Crippen LogP contribution in [-0.4, -0.2) is 28.7 Å². The van der Waals surface area contributed by atoms with E-state index in [-0.39, 0.29) is 24.2 Å². The van der Waals surface area contributed by atoms with Gasteiger partial charge in [0.25, 0.3) is 0 Å². The quantitative estimate of drug-likeness (QED) is 0.840. The van der Waals surface area contributed by atoms with Gasteiger partial charge in [0.2, 0.25) is 0 Å². The summed E-state index contributed by atoms with van der Waals surface area (Å²) in [7, 11) is 0. The fourth-order valence-corrected chi connectivity index (χ4v) is 2.29. The van der Waals surface area contributed by atoms with Crippen molar-refractivity contribution >= 4 is 11.9 Å². The second-order valence-electron chi connectivity index (χ2n) is 5.40. The molecule has 0 saturated heterocycles. The molecule has 20 heavy (non-hydrogen) atoms. The number of hydrogen-bond donors (Lipinski definition) is 2. The van der Waals surface area contributed by atoms with Crippen molar-refractivity contribution in [3.05, 3.63) is 41.0 Å². The number of hydrogen-bond acceptors (Lipinski definition) is 3. The third-order valence-electron chi connectivity index (χ3n) is 3.80. The Hall–Kier alpha value is -1.45. The fourth-order valence-electron chi connectivity index (χ4n) is 2.29. The van der Waals surface area contributed by atoms with Gasteiger partial charge >= 0.3 is 0 Å². The number of aliphatic hydroxyl groups is 2. The molecule has 0 aliphatic heterocycles. The molecule has 0 spiro atoms. The number of carbonyl (C=O) groups is 1. The summed E-state index contributed by atoms with van der Waals surface area (Å²) in [6.07, 6.45) is 2.81. The number of Topliss-reactive ketones (excluding diaryl/α,β-unsaturated/α-hetero) is 1. The van der Waals surface area contributed by atoms with Crippen LogP contribution in [0.15, 0.2) is 24.3 Å². The molecule has 3 nitrogen and oxygen atoms in total. The first-order chi connectivity index (χ1) is 9.38. The zero-order valence-electron chi connectivity index (χ0n) is 12.6. The van der Waals surface area contributed by atoms with Crippen molar-refractivity contribution in [2.45, 2.75) is 39.7 Å². The summed E-state index contributed by atoms with van der Waals surface area (Å²) in [6.45, 7) is 7.15. The summed E-state index contributed by atoms with van der Waals surface area (Å²) in [6, 6.07) is 5.99. The first kappa shape index (κ1) is 16.6. The van der Waals surface area contributed by atoms with Crippen molar-refractivity contribution in [1.82, 2.24) is 0 Å². The third-order valence-corrected chi connectivity index (χ3v) is 3.80. The van der Waals surface area contributed by atoms with Gasteiger partial charge in [-0.1, -0.05) is 49.8 Å². The highest BCUT2D eigenvalue weighted by atomic mass is 16.3. The Balaban J connectivity index is 3.11. The zero-order chi connectivity index (χ0) is 15.3. The van der Waals surface area contributed by atoms with Gasteiger partial charge < -0.3 is 10.2 Å². The Labute approximate surface area is 121 Å². The molecule has 0 fully saturated rings. The SMILES string of the molecule is CC(=O)C(C)C(O)C(C)c1ccc(C)cc1C=CCO. The molecule has 1 aromatic carbocycles. The number of carbonyl (C=O) groups excluding carboxylic acids is 1. The summed E-state index contributed by atoms with van der Waals surface area (Å²) < 4.78 is 0. The van der Waals surface area contributed by atoms with Gasteiger partial charge in [-0.25, -0.2) is 0 Å². The molecule has 0 amide bonds. The highest BCUT2D eigenvalue weighted by Gasteiger charge is 2.26. The van der Waals surface area contributed by atoms with Crippen molar-refractivity contribution in [3.8, 4) is 0 Å². The van der Waals surface area contributed by atoms with E-state index in [0.29, 0.717) is 0 Å². The van der Waals surface area contributed by atoms with Gasteiger partial charge in [0, 0.05) is 11.8 Å². The lowest BCUT2D eigenvalue weighted by atomic mass is 9.83. The van der Waals surface area contributed by atoms with Crippen LogP contribution >= 0.6 is 0 Å². The lowest BCUT2D eigenvalue weighted by Crippen LogP contribution is -2.29. The van der Waals surface area contributed by atoms with E-state index in [1.165, 1.54) is 6.92 Å². The van der Waals surface area contributed by atoms with Gasteiger partial charge in [-0.15, -0.1) is 0 Å². The fraction of sp³-hybridized carbons (Fsp3) is 0.471. The summed E-state index contributed by atoms with van der Waals surface area (Å²) in [5.41, 5.74) is 3.08. The Morgan fingerprint density at radius 3 is 2.55 bits per heavy atom. The topological polar surface area (TPSA) is 57.5 Å². The van der Waals surface area contributed by atoms with Gasteiger partial charge in [-0.3, -0.25) is 4.79 Å². The maximum Gasteiger partial charge on any atom is 0.135 e. The Bertz CT molecular complexity index is 491. The molecule has 0 aromatic heterocycles. The molecule has 1 rings (SSSR count). The second kappa shape index (κ2) is 7.36. The first-order valence-electron chi connectivity index (χ1n) is 6.95. The van der Waals surface area contributed by atoms with E-state index in [1.807, 2.05) is 38.1 Å². The molecular formula is C17H24O3.